The Morgan fingerprint density at radius 2 is 2.04 bits per heavy atom. The monoisotopic (exact) mass is 316 g/mol. The lowest BCUT2D eigenvalue weighted by atomic mass is 9.98. The molecule has 0 radical (unpaired) electrons. The smallest absolute Gasteiger partial charge is 0.213 e. The summed E-state index contributed by atoms with van der Waals surface area (Å²) in [5.41, 5.74) is 1.11. The minimum atomic E-state index is 0.350. The number of nitrogens with zero attached hydrogens (tertiary/aromatic N) is 2. The van der Waals surface area contributed by atoms with Crippen molar-refractivity contribution in [3.8, 4) is 5.88 Å². The van der Waals surface area contributed by atoms with Crippen molar-refractivity contribution < 1.29 is 4.74 Å². The van der Waals surface area contributed by atoms with Crippen LogP contribution in [0, 0.1) is 0 Å². The molecule has 2 fully saturated rings. The predicted octanol–water partition coefficient (Wildman–Crippen LogP) is 3.01. The molecule has 0 saturated heterocycles. The fourth-order valence-corrected chi connectivity index (χ4v) is 2.84. The number of nitrogens with one attached hydrogen (secondary N) is 2. The Morgan fingerprint density at radius 3 is 2.70 bits per heavy atom. The summed E-state index contributed by atoms with van der Waals surface area (Å²) in [6, 6.07) is 4.65. The molecule has 0 aliphatic heterocycles. The first-order chi connectivity index (χ1) is 11.3. The molecule has 5 nitrogen and oxygen atoms in total. The van der Waals surface area contributed by atoms with E-state index < -0.39 is 0 Å². The maximum atomic E-state index is 5.96. The lowest BCUT2D eigenvalue weighted by Crippen LogP contribution is -2.38. The SMILES string of the molecule is CCNC(=NCc1ccc(OC2CCCCC2)nc1)NC1CC1. The maximum Gasteiger partial charge on any atom is 0.213 e. The molecule has 0 amide bonds. The van der Waals surface area contributed by atoms with E-state index in [0.29, 0.717) is 18.7 Å². The van der Waals surface area contributed by atoms with Crippen molar-refractivity contribution in [3.05, 3.63) is 23.9 Å². The maximum absolute atomic E-state index is 5.96. The number of pyridine rings is 1. The molecular formula is C18H28N4O. The summed E-state index contributed by atoms with van der Waals surface area (Å²) in [7, 11) is 0. The molecule has 5 heteroatoms. The molecule has 2 aliphatic carbocycles. The number of aromatic nitrogens is 1. The van der Waals surface area contributed by atoms with E-state index in [9.17, 15) is 0 Å². The van der Waals surface area contributed by atoms with Crippen LogP contribution < -0.4 is 15.4 Å². The second-order valence-corrected chi connectivity index (χ2v) is 6.50. The highest BCUT2D eigenvalue weighted by Crippen LogP contribution is 2.22. The molecule has 0 unspecified atom stereocenters. The topological polar surface area (TPSA) is 58.5 Å². The van der Waals surface area contributed by atoms with E-state index in [1.54, 1.807) is 0 Å². The zero-order valence-corrected chi connectivity index (χ0v) is 14.1. The molecule has 3 rings (SSSR count). The lowest BCUT2D eigenvalue weighted by Gasteiger charge is -2.22. The number of hydrogen-bond acceptors (Lipinski definition) is 3. The second-order valence-electron chi connectivity index (χ2n) is 6.50. The van der Waals surface area contributed by atoms with Gasteiger partial charge in [0.2, 0.25) is 5.88 Å². The van der Waals surface area contributed by atoms with Gasteiger partial charge in [-0.25, -0.2) is 9.98 Å². The Kier molecular flexibility index (Phi) is 5.72. The molecule has 23 heavy (non-hydrogen) atoms. The molecule has 126 valence electrons. The predicted molar refractivity (Wildman–Crippen MR) is 92.7 cm³/mol. The first-order valence-corrected chi connectivity index (χ1v) is 9.00. The van der Waals surface area contributed by atoms with E-state index >= 15 is 0 Å². The van der Waals surface area contributed by atoms with Gasteiger partial charge < -0.3 is 15.4 Å². The van der Waals surface area contributed by atoms with E-state index in [0.717, 1.165) is 36.8 Å². The molecule has 1 heterocycles. The van der Waals surface area contributed by atoms with Gasteiger partial charge in [-0.15, -0.1) is 0 Å². The van der Waals surface area contributed by atoms with Gasteiger partial charge in [0.1, 0.15) is 6.10 Å². The quantitative estimate of drug-likeness (QED) is 0.626. The van der Waals surface area contributed by atoms with Gasteiger partial charge in [-0.3, -0.25) is 0 Å². The highest BCUT2D eigenvalue weighted by atomic mass is 16.5. The largest absolute Gasteiger partial charge is 0.474 e. The average Bonchev–Trinajstić information content (AvgIpc) is 3.39. The summed E-state index contributed by atoms with van der Waals surface area (Å²) in [4.78, 5) is 9.06. The summed E-state index contributed by atoms with van der Waals surface area (Å²) in [6.07, 6.45) is 10.9. The van der Waals surface area contributed by atoms with E-state index in [4.69, 9.17) is 4.74 Å². The minimum Gasteiger partial charge on any atom is -0.474 e. The molecule has 0 bridgehead atoms. The fraction of sp³-hybridized carbons (Fsp3) is 0.667. The van der Waals surface area contributed by atoms with Crippen molar-refractivity contribution in [1.29, 1.82) is 0 Å². The normalized spacial score (nSPS) is 19.4. The second kappa shape index (κ2) is 8.18. The fourth-order valence-electron chi connectivity index (χ4n) is 2.84. The molecule has 2 aliphatic rings. The van der Waals surface area contributed by atoms with E-state index in [-0.39, 0.29) is 0 Å². The van der Waals surface area contributed by atoms with Crippen LogP contribution in [0.1, 0.15) is 57.4 Å². The van der Waals surface area contributed by atoms with Gasteiger partial charge in [0, 0.05) is 24.8 Å². The van der Waals surface area contributed by atoms with Crippen LogP contribution in [0.25, 0.3) is 0 Å². The van der Waals surface area contributed by atoms with Gasteiger partial charge in [-0.2, -0.15) is 0 Å². The van der Waals surface area contributed by atoms with Crippen LogP contribution in [-0.2, 0) is 6.54 Å². The van der Waals surface area contributed by atoms with Crippen molar-refractivity contribution in [3.63, 3.8) is 0 Å². The number of hydrogen-bond donors (Lipinski definition) is 2. The van der Waals surface area contributed by atoms with E-state index in [1.165, 1.54) is 32.1 Å². The molecule has 0 spiro atoms. The third-order valence-corrected chi connectivity index (χ3v) is 4.32. The number of rotatable bonds is 6. The van der Waals surface area contributed by atoms with Crippen LogP contribution in [0.4, 0.5) is 0 Å². The standard InChI is InChI=1S/C18H28N4O/c1-2-19-18(22-15-9-10-15)21-13-14-8-11-17(20-12-14)23-16-6-4-3-5-7-16/h8,11-12,15-16H,2-7,9-10,13H2,1H3,(H2,19,21,22). The molecule has 1 aromatic rings. The Morgan fingerprint density at radius 1 is 1.22 bits per heavy atom. The molecule has 2 saturated carbocycles. The van der Waals surface area contributed by atoms with Crippen LogP contribution in [0.5, 0.6) is 5.88 Å². The Hall–Kier alpha value is -1.78. The zero-order chi connectivity index (χ0) is 15.9. The van der Waals surface area contributed by atoms with Gasteiger partial charge in [0.25, 0.3) is 0 Å². The van der Waals surface area contributed by atoms with Gasteiger partial charge in [-0.05, 0) is 51.0 Å². The molecule has 0 atom stereocenters. The van der Waals surface area contributed by atoms with Crippen LogP contribution in [0.3, 0.4) is 0 Å². The van der Waals surface area contributed by atoms with E-state index in [2.05, 4.69) is 33.6 Å². The molecule has 2 N–H and O–H groups in total. The summed E-state index contributed by atoms with van der Waals surface area (Å²) in [5.74, 6) is 1.64. The lowest BCUT2D eigenvalue weighted by molar-refractivity contribution is 0.148. The van der Waals surface area contributed by atoms with Crippen molar-refractivity contribution >= 4 is 5.96 Å². The van der Waals surface area contributed by atoms with Crippen LogP contribution >= 0.6 is 0 Å². The number of guanidine groups is 1. The molecule has 1 aromatic heterocycles. The summed E-state index contributed by atoms with van der Waals surface area (Å²) >= 11 is 0. The van der Waals surface area contributed by atoms with Crippen molar-refractivity contribution in [2.45, 2.75) is 70.6 Å². The van der Waals surface area contributed by atoms with Crippen molar-refractivity contribution in [2.24, 2.45) is 4.99 Å². The van der Waals surface area contributed by atoms with Crippen LogP contribution in [0.15, 0.2) is 23.3 Å². The third-order valence-electron chi connectivity index (χ3n) is 4.32. The number of aliphatic imine (C=N–C) groups is 1. The summed E-state index contributed by atoms with van der Waals surface area (Å²) in [6.45, 7) is 3.60. The van der Waals surface area contributed by atoms with Crippen LogP contribution in [0.2, 0.25) is 0 Å². The first-order valence-electron chi connectivity index (χ1n) is 9.00. The van der Waals surface area contributed by atoms with Gasteiger partial charge in [0.05, 0.1) is 6.54 Å². The van der Waals surface area contributed by atoms with Gasteiger partial charge in [-0.1, -0.05) is 12.5 Å². The average molecular weight is 316 g/mol. The molecule has 0 aromatic carbocycles. The van der Waals surface area contributed by atoms with E-state index in [1.807, 2.05) is 12.3 Å². The zero-order valence-electron chi connectivity index (χ0n) is 14.1. The highest BCUT2D eigenvalue weighted by molar-refractivity contribution is 5.80. The van der Waals surface area contributed by atoms with Crippen molar-refractivity contribution in [2.75, 3.05) is 6.54 Å². The van der Waals surface area contributed by atoms with Gasteiger partial charge in [0.15, 0.2) is 5.96 Å². The summed E-state index contributed by atoms with van der Waals surface area (Å²) in [5, 5.41) is 6.70. The van der Waals surface area contributed by atoms with Crippen molar-refractivity contribution in [1.82, 2.24) is 15.6 Å². The highest BCUT2D eigenvalue weighted by Gasteiger charge is 2.22. The third kappa shape index (κ3) is 5.41. The van der Waals surface area contributed by atoms with Gasteiger partial charge >= 0.3 is 0 Å². The number of ether oxygens (including phenoxy) is 1. The molecular weight excluding hydrogens is 288 g/mol. The summed E-state index contributed by atoms with van der Waals surface area (Å²) < 4.78 is 5.96. The first kappa shape index (κ1) is 16.1. The Bertz CT molecular complexity index is 504. The minimum absolute atomic E-state index is 0.350. The Labute approximate surface area is 138 Å². The Balaban J connectivity index is 1.51. The van der Waals surface area contributed by atoms with Crippen LogP contribution in [-0.4, -0.2) is 29.6 Å².